The summed E-state index contributed by atoms with van der Waals surface area (Å²) < 4.78 is 18.7. The van der Waals surface area contributed by atoms with Crippen molar-refractivity contribution in [2.24, 2.45) is 0 Å². The first-order valence-electron chi connectivity index (χ1n) is 8.58. The molecule has 0 spiro atoms. The second kappa shape index (κ2) is 7.61. The molecule has 2 aromatic carbocycles. The van der Waals surface area contributed by atoms with Crippen LogP contribution in [0.4, 0.5) is 15.8 Å². The molecule has 0 heterocycles. The van der Waals surface area contributed by atoms with Gasteiger partial charge in [-0.15, -0.1) is 0 Å². The summed E-state index contributed by atoms with van der Waals surface area (Å²) in [5.74, 6) is -0.881. The van der Waals surface area contributed by atoms with E-state index in [0.29, 0.717) is 11.3 Å². The normalized spacial score (nSPS) is 14.3. The minimum Gasteiger partial charge on any atom is -0.494 e. The van der Waals surface area contributed by atoms with Gasteiger partial charge in [0.2, 0.25) is 0 Å². The van der Waals surface area contributed by atoms with Crippen LogP contribution < -0.4 is 15.4 Å². The molecule has 1 fully saturated rings. The van der Waals surface area contributed by atoms with Gasteiger partial charge in [-0.05, 0) is 49.6 Å². The number of hydrogen-bond donors (Lipinski definition) is 2. The van der Waals surface area contributed by atoms with Crippen molar-refractivity contribution >= 4 is 17.3 Å². The number of nitro benzene ring substituents is 1. The van der Waals surface area contributed by atoms with E-state index in [9.17, 15) is 19.3 Å². The maximum absolute atomic E-state index is 13.8. The zero-order valence-corrected chi connectivity index (χ0v) is 15.0. The number of benzene rings is 2. The van der Waals surface area contributed by atoms with Crippen LogP contribution in [-0.4, -0.2) is 24.0 Å². The van der Waals surface area contributed by atoms with Gasteiger partial charge in [0, 0.05) is 17.7 Å². The number of hydrogen-bond acceptors (Lipinski definition) is 5. The summed E-state index contributed by atoms with van der Waals surface area (Å²) in [4.78, 5) is 23.3. The predicted molar refractivity (Wildman–Crippen MR) is 98.6 cm³/mol. The van der Waals surface area contributed by atoms with Crippen LogP contribution in [0.1, 0.15) is 41.7 Å². The van der Waals surface area contributed by atoms with Gasteiger partial charge in [-0.1, -0.05) is 6.07 Å². The van der Waals surface area contributed by atoms with Crippen molar-refractivity contribution in [3.8, 4) is 5.75 Å². The van der Waals surface area contributed by atoms with E-state index in [2.05, 4.69) is 10.6 Å². The molecule has 8 heteroatoms. The van der Waals surface area contributed by atoms with Crippen LogP contribution in [0, 0.1) is 15.9 Å². The van der Waals surface area contributed by atoms with E-state index in [1.807, 2.05) is 0 Å². The molecular formula is C19H20FN3O4. The molecule has 0 unspecified atom stereocenters. The van der Waals surface area contributed by atoms with Crippen molar-refractivity contribution in [1.82, 2.24) is 5.32 Å². The Balaban J connectivity index is 1.75. The molecule has 2 aromatic rings. The van der Waals surface area contributed by atoms with Gasteiger partial charge in [-0.2, -0.15) is 0 Å². The number of methoxy groups -OCH3 is 1. The topological polar surface area (TPSA) is 93.5 Å². The van der Waals surface area contributed by atoms with Gasteiger partial charge < -0.3 is 15.4 Å². The van der Waals surface area contributed by atoms with Crippen molar-refractivity contribution < 1.29 is 18.8 Å². The fourth-order valence-corrected chi connectivity index (χ4v) is 2.71. The predicted octanol–water partition coefficient (Wildman–Crippen LogP) is 3.81. The number of amides is 1. The van der Waals surface area contributed by atoms with Crippen LogP contribution in [0.25, 0.3) is 0 Å². The third-order valence-electron chi connectivity index (χ3n) is 4.42. The summed E-state index contributed by atoms with van der Waals surface area (Å²) in [6, 6.07) is 8.52. The van der Waals surface area contributed by atoms with E-state index in [4.69, 9.17) is 4.74 Å². The quantitative estimate of drug-likeness (QED) is 0.569. The summed E-state index contributed by atoms with van der Waals surface area (Å²) >= 11 is 0. The molecule has 0 aromatic heterocycles. The van der Waals surface area contributed by atoms with Crippen molar-refractivity contribution in [1.29, 1.82) is 0 Å². The van der Waals surface area contributed by atoms with Gasteiger partial charge in [0.15, 0.2) is 11.6 Å². The average Bonchev–Trinajstić information content (AvgIpc) is 3.45. The van der Waals surface area contributed by atoms with Crippen molar-refractivity contribution in [3.05, 3.63) is 63.5 Å². The van der Waals surface area contributed by atoms with Crippen molar-refractivity contribution in [3.63, 3.8) is 0 Å². The maximum Gasteiger partial charge on any atom is 0.293 e. The van der Waals surface area contributed by atoms with Crippen LogP contribution in [-0.2, 0) is 0 Å². The summed E-state index contributed by atoms with van der Waals surface area (Å²) in [6.07, 6.45) is 1.96. The van der Waals surface area contributed by atoms with E-state index in [1.165, 1.54) is 31.4 Å². The number of nitro groups is 1. The molecule has 27 heavy (non-hydrogen) atoms. The SMILES string of the molecule is COc1ccc([C@H](C)NC(=O)c2ccc(NC3CC3)c([N+](=O)[O-])c2)cc1F. The number of carbonyl (C=O) groups is 1. The van der Waals surface area contributed by atoms with E-state index in [-0.39, 0.29) is 23.0 Å². The van der Waals surface area contributed by atoms with Crippen molar-refractivity contribution in [2.45, 2.75) is 31.8 Å². The minimum atomic E-state index is -0.526. The summed E-state index contributed by atoms with van der Waals surface area (Å²) in [7, 11) is 1.37. The molecule has 3 rings (SSSR count). The van der Waals surface area contributed by atoms with Gasteiger partial charge >= 0.3 is 0 Å². The van der Waals surface area contributed by atoms with E-state index < -0.39 is 22.7 Å². The summed E-state index contributed by atoms with van der Waals surface area (Å²) in [5.41, 5.74) is 0.995. The fraction of sp³-hybridized carbons (Fsp3) is 0.316. The molecule has 1 atom stereocenters. The molecule has 7 nitrogen and oxygen atoms in total. The third-order valence-corrected chi connectivity index (χ3v) is 4.42. The standard InChI is InChI=1S/C19H20FN3O4/c1-11(12-4-8-18(27-2)15(20)9-12)21-19(24)13-3-7-16(22-14-5-6-14)17(10-13)23(25)26/h3-4,7-11,14,22H,5-6H2,1-2H3,(H,21,24)/t11-/m0/s1. The Morgan fingerprint density at radius 3 is 2.63 bits per heavy atom. The lowest BCUT2D eigenvalue weighted by Crippen LogP contribution is -2.26. The Labute approximate surface area is 155 Å². The van der Waals surface area contributed by atoms with Crippen LogP contribution >= 0.6 is 0 Å². The Bertz CT molecular complexity index is 883. The molecule has 1 amide bonds. The highest BCUT2D eigenvalue weighted by Gasteiger charge is 2.26. The minimum absolute atomic E-state index is 0.117. The molecule has 1 aliphatic rings. The molecule has 1 saturated carbocycles. The Hall–Kier alpha value is -3.16. The zero-order chi connectivity index (χ0) is 19.6. The fourth-order valence-electron chi connectivity index (χ4n) is 2.71. The Morgan fingerprint density at radius 1 is 1.30 bits per heavy atom. The molecule has 142 valence electrons. The number of nitrogens with zero attached hydrogens (tertiary/aromatic N) is 1. The second-order valence-corrected chi connectivity index (χ2v) is 6.50. The van der Waals surface area contributed by atoms with Crippen LogP contribution in [0.15, 0.2) is 36.4 Å². The third kappa shape index (κ3) is 4.33. The first kappa shape index (κ1) is 18.6. The molecule has 0 aliphatic heterocycles. The monoisotopic (exact) mass is 373 g/mol. The molecule has 0 saturated heterocycles. The molecule has 2 N–H and O–H groups in total. The van der Waals surface area contributed by atoms with Gasteiger partial charge in [-0.25, -0.2) is 4.39 Å². The number of anilines is 1. The van der Waals surface area contributed by atoms with E-state index in [1.54, 1.807) is 19.1 Å². The smallest absolute Gasteiger partial charge is 0.293 e. The number of ether oxygens (including phenoxy) is 1. The highest BCUT2D eigenvalue weighted by molar-refractivity contribution is 5.96. The van der Waals surface area contributed by atoms with Crippen LogP contribution in [0.5, 0.6) is 5.75 Å². The summed E-state index contributed by atoms with van der Waals surface area (Å²) in [5, 5.41) is 17.1. The molecule has 1 aliphatic carbocycles. The van der Waals surface area contributed by atoms with E-state index in [0.717, 1.165) is 12.8 Å². The van der Waals surface area contributed by atoms with Crippen LogP contribution in [0.3, 0.4) is 0 Å². The summed E-state index contributed by atoms with van der Waals surface area (Å²) in [6.45, 7) is 1.70. The van der Waals surface area contributed by atoms with Gasteiger partial charge in [0.05, 0.1) is 18.1 Å². The Kier molecular flexibility index (Phi) is 5.25. The van der Waals surface area contributed by atoms with Gasteiger partial charge in [0.1, 0.15) is 5.69 Å². The molecular weight excluding hydrogens is 353 g/mol. The number of carbonyl (C=O) groups excluding carboxylic acids is 1. The number of halogens is 1. The molecule has 0 radical (unpaired) electrons. The highest BCUT2D eigenvalue weighted by Crippen LogP contribution is 2.31. The lowest BCUT2D eigenvalue weighted by atomic mass is 10.1. The maximum atomic E-state index is 13.8. The van der Waals surface area contributed by atoms with Gasteiger partial charge in [0.25, 0.3) is 11.6 Å². The average molecular weight is 373 g/mol. The van der Waals surface area contributed by atoms with Crippen molar-refractivity contribution in [2.75, 3.05) is 12.4 Å². The largest absolute Gasteiger partial charge is 0.494 e. The first-order valence-corrected chi connectivity index (χ1v) is 8.58. The Morgan fingerprint density at radius 2 is 2.04 bits per heavy atom. The lowest BCUT2D eigenvalue weighted by molar-refractivity contribution is -0.384. The number of rotatable bonds is 7. The first-order chi connectivity index (χ1) is 12.9. The second-order valence-electron chi connectivity index (χ2n) is 6.50. The highest BCUT2D eigenvalue weighted by atomic mass is 19.1. The lowest BCUT2D eigenvalue weighted by Gasteiger charge is -2.15. The number of nitrogens with one attached hydrogen (secondary N) is 2. The zero-order valence-electron chi connectivity index (χ0n) is 15.0. The van der Waals surface area contributed by atoms with Gasteiger partial charge in [-0.3, -0.25) is 14.9 Å². The molecule has 0 bridgehead atoms. The van der Waals surface area contributed by atoms with E-state index >= 15 is 0 Å². The van der Waals surface area contributed by atoms with Crippen LogP contribution in [0.2, 0.25) is 0 Å².